The van der Waals surface area contributed by atoms with Gasteiger partial charge in [-0.15, -0.1) is 0 Å². The number of amides is 1. The van der Waals surface area contributed by atoms with Crippen LogP contribution >= 0.6 is 0 Å². The highest BCUT2D eigenvalue weighted by atomic mass is 16.2. The number of carbonyl (C=O) groups is 1. The predicted octanol–water partition coefficient (Wildman–Crippen LogP) is 0.790. The van der Waals surface area contributed by atoms with Gasteiger partial charge in [-0.1, -0.05) is 12.1 Å². The third-order valence-electron chi connectivity index (χ3n) is 3.14. The third kappa shape index (κ3) is 3.78. The normalized spacial score (nSPS) is 19.7. The largest absolute Gasteiger partial charge is 0.324 e. The number of rotatable bonds is 3. The molecule has 1 aromatic carbocycles. The maximum absolute atomic E-state index is 12.0. The molecule has 2 rings (SSSR count). The minimum atomic E-state index is -0.0724. The molecule has 1 heterocycles. The first kappa shape index (κ1) is 13.5. The highest BCUT2D eigenvalue weighted by Crippen LogP contribution is 2.13. The fourth-order valence-corrected chi connectivity index (χ4v) is 2.24. The lowest BCUT2D eigenvalue weighted by Gasteiger charge is -2.31. The van der Waals surface area contributed by atoms with Crippen LogP contribution in [0.25, 0.3) is 0 Å². The Hall–Kier alpha value is -1.90. The molecule has 1 aliphatic heterocycles. The average molecular weight is 258 g/mol. The molecule has 1 unspecified atom stereocenters. The molecule has 0 spiro atoms. The molecule has 1 aliphatic rings. The lowest BCUT2D eigenvalue weighted by molar-refractivity contribution is -0.117. The van der Waals surface area contributed by atoms with Crippen molar-refractivity contribution in [3.63, 3.8) is 0 Å². The van der Waals surface area contributed by atoms with Crippen molar-refractivity contribution in [3.05, 3.63) is 29.8 Å². The highest BCUT2D eigenvalue weighted by molar-refractivity contribution is 5.93. The van der Waals surface area contributed by atoms with Gasteiger partial charge < -0.3 is 10.6 Å². The molecule has 0 aliphatic carbocycles. The fourth-order valence-electron chi connectivity index (χ4n) is 2.24. The van der Waals surface area contributed by atoms with Crippen molar-refractivity contribution in [2.24, 2.45) is 0 Å². The second kappa shape index (κ2) is 6.32. The summed E-state index contributed by atoms with van der Waals surface area (Å²) in [5.74, 6) is -0.0724. The standard InChI is InChI=1S/C14H18N4O/c1-11-9-18(7-6-16-11)10-14(19)17-13-5-3-2-4-12(13)8-15/h2-5,11,16H,6-7,9-10H2,1H3,(H,17,19). The van der Waals surface area contributed by atoms with Gasteiger partial charge in [-0.3, -0.25) is 9.69 Å². The quantitative estimate of drug-likeness (QED) is 0.841. The van der Waals surface area contributed by atoms with E-state index in [1.54, 1.807) is 18.2 Å². The van der Waals surface area contributed by atoms with E-state index in [4.69, 9.17) is 5.26 Å². The molecule has 0 radical (unpaired) electrons. The van der Waals surface area contributed by atoms with Crippen LogP contribution in [0.15, 0.2) is 24.3 Å². The molecule has 1 aromatic rings. The SMILES string of the molecule is CC1CN(CC(=O)Nc2ccccc2C#N)CCN1. The van der Waals surface area contributed by atoms with Crippen LogP contribution in [0, 0.1) is 11.3 Å². The van der Waals surface area contributed by atoms with E-state index in [2.05, 4.69) is 28.5 Å². The zero-order valence-electron chi connectivity index (χ0n) is 11.0. The number of para-hydroxylation sites is 1. The van der Waals surface area contributed by atoms with Gasteiger partial charge in [-0.2, -0.15) is 5.26 Å². The van der Waals surface area contributed by atoms with Crippen molar-refractivity contribution in [2.45, 2.75) is 13.0 Å². The molecule has 1 amide bonds. The van der Waals surface area contributed by atoms with Gasteiger partial charge in [0.05, 0.1) is 17.8 Å². The Labute approximate surface area is 113 Å². The summed E-state index contributed by atoms with van der Waals surface area (Å²) in [7, 11) is 0. The molecule has 5 heteroatoms. The number of carbonyl (C=O) groups excluding carboxylic acids is 1. The van der Waals surface area contributed by atoms with Gasteiger partial charge in [-0.05, 0) is 19.1 Å². The predicted molar refractivity (Wildman–Crippen MR) is 73.7 cm³/mol. The van der Waals surface area contributed by atoms with Crippen LogP contribution in [0.3, 0.4) is 0 Å². The maximum Gasteiger partial charge on any atom is 0.238 e. The van der Waals surface area contributed by atoms with Gasteiger partial charge in [-0.25, -0.2) is 0 Å². The Balaban J connectivity index is 1.92. The summed E-state index contributed by atoms with van der Waals surface area (Å²) in [6, 6.07) is 9.52. The molecule has 100 valence electrons. The molecule has 19 heavy (non-hydrogen) atoms. The first-order chi connectivity index (χ1) is 9.19. The molecular weight excluding hydrogens is 240 g/mol. The van der Waals surface area contributed by atoms with Gasteiger partial charge in [0, 0.05) is 25.7 Å². The van der Waals surface area contributed by atoms with E-state index in [0.717, 1.165) is 19.6 Å². The lowest BCUT2D eigenvalue weighted by atomic mass is 10.2. The maximum atomic E-state index is 12.0. The van der Waals surface area contributed by atoms with Crippen LogP contribution in [0.5, 0.6) is 0 Å². The monoisotopic (exact) mass is 258 g/mol. The van der Waals surface area contributed by atoms with Crippen molar-refractivity contribution in [1.29, 1.82) is 5.26 Å². The molecule has 1 fully saturated rings. The summed E-state index contributed by atoms with van der Waals surface area (Å²) >= 11 is 0. The van der Waals surface area contributed by atoms with Gasteiger partial charge in [0.2, 0.25) is 5.91 Å². The van der Waals surface area contributed by atoms with Crippen LogP contribution < -0.4 is 10.6 Å². The Morgan fingerprint density at radius 1 is 1.58 bits per heavy atom. The van der Waals surface area contributed by atoms with E-state index in [0.29, 0.717) is 23.8 Å². The molecular formula is C14H18N4O. The second-order valence-electron chi connectivity index (χ2n) is 4.80. The summed E-state index contributed by atoms with van der Waals surface area (Å²) < 4.78 is 0. The number of piperazine rings is 1. The van der Waals surface area contributed by atoms with Crippen molar-refractivity contribution >= 4 is 11.6 Å². The smallest absolute Gasteiger partial charge is 0.238 e. The van der Waals surface area contributed by atoms with Crippen molar-refractivity contribution < 1.29 is 4.79 Å². The zero-order chi connectivity index (χ0) is 13.7. The van der Waals surface area contributed by atoms with E-state index in [9.17, 15) is 4.79 Å². The van der Waals surface area contributed by atoms with Crippen LogP contribution in [0.2, 0.25) is 0 Å². The second-order valence-corrected chi connectivity index (χ2v) is 4.80. The van der Waals surface area contributed by atoms with Crippen LogP contribution in [0.1, 0.15) is 12.5 Å². The number of nitrogens with zero attached hydrogens (tertiary/aromatic N) is 2. The van der Waals surface area contributed by atoms with Crippen LogP contribution in [-0.4, -0.2) is 43.0 Å². The Morgan fingerprint density at radius 3 is 3.11 bits per heavy atom. The summed E-state index contributed by atoms with van der Waals surface area (Å²) in [5, 5.41) is 15.1. The average Bonchev–Trinajstić information content (AvgIpc) is 2.39. The zero-order valence-corrected chi connectivity index (χ0v) is 11.0. The van der Waals surface area contributed by atoms with Gasteiger partial charge in [0.15, 0.2) is 0 Å². The topological polar surface area (TPSA) is 68.2 Å². The number of anilines is 1. The van der Waals surface area contributed by atoms with Crippen molar-refractivity contribution in [1.82, 2.24) is 10.2 Å². The lowest BCUT2D eigenvalue weighted by Crippen LogP contribution is -2.51. The van der Waals surface area contributed by atoms with Gasteiger partial charge in [0.25, 0.3) is 0 Å². The van der Waals surface area contributed by atoms with E-state index in [-0.39, 0.29) is 5.91 Å². The van der Waals surface area contributed by atoms with Crippen molar-refractivity contribution in [3.8, 4) is 6.07 Å². The number of hydrogen-bond acceptors (Lipinski definition) is 4. The molecule has 1 saturated heterocycles. The minimum absolute atomic E-state index is 0.0724. The summed E-state index contributed by atoms with van der Waals surface area (Å²) in [5.41, 5.74) is 1.07. The number of nitriles is 1. The fraction of sp³-hybridized carbons (Fsp3) is 0.429. The first-order valence-corrected chi connectivity index (χ1v) is 6.44. The Kier molecular flexibility index (Phi) is 4.50. The molecule has 2 N–H and O–H groups in total. The van der Waals surface area contributed by atoms with E-state index in [1.807, 2.05) is 6.07 Å². The number of nitrogens with one attached hydrogen (secondary N) is 2. The highest BCUT2D eigenvalue weighted by Gasteiger charge is 2.18. The summed E-state index contributed by atoms with van der Waals surface area (Å²) in [4.78, 5) is 14.1. The molecule has 5 nitrogen and oxygen atoms in total. The number of hydrogen-bond donors (Lipinski definition) is 2. The third-order valence-corrected chi connectivity index (χ3v) is 3.14. The summed E-state index contributed by atoms with van der Waals surface area (Å²) in [6.07, 6.45) is 0. The van der Waals surface area contributed by atoms with Crippen LogP contribution in [0.4, 0.5) is 5.69 Å². The van der Waals surface area contributed by atoms with Gasteiger partial charge >= 0.3 is 0 Å². The van der Waals surface area contributed by atoms with E-state index < -0.39 is 0 Å². The Morgan fingerprint density at radius 2 is 2.37 bits per heavy atom. The molecule has 0 saturated carbocycles. The molecule has 1 atom stereocenters. The molecule has 0 bridgehead atoms. The Bertz CT molecular complexity index is 494. The van der Waals surface area contributed by atoms with Crippen molar-refractivity contribution in [2.75, 3.05) is 31.5 Å². The van der Waals surface area contributed by atoms with E-state index >= 15 is 0 Å². The van der Waals surface area contributed by atoms with Gasteiger partial charge in [0.1, 0.15) is 6.07 Å². The first-order valence-electron chi connectivity index (χ1n) is 6.44. The molecule has 0 aromatic heterocycles. The number of benzene rings is 1. The summed E-state index contributed by atoms with van der Waals surface area (Å²) in [6.45, 7) is 5.12. The van der Waals surface area contributed by atoms with Crippen LogP contribution in [-0.2, 0) is 4.79 Å². The minimum Gasteiger partial charge on any atom is -0.324 e. The van der Waals surface area contributed by atoms with E-state index in [1.165, 1.54) is 0 Å².